The predicted molar refractivity (Wildman–Crippen MR) is 282 cm³/mol. The summed E-state index contributed by atoms with van der Waals surface area (Å²) in [5.41, 5.74) is 3.21. The van der Waals surface area contributed by atoms with Crippen molar-refractivity contribution >= 4 is 35.9 Å². The third-order valence-electron chi connectivity index (χ3n) is 11.8. The largest absolute Gasteiger partial charge is 0.494 e. The molecule has 0 bridgehead atoms. The Bertz CT molecular complexity index is 2710. The van der Waals surface area contributed by atoms with Crippen molar-refractivity contribution in [3.8, 4) is 29.1 Å². The normalized spacial score (nSPS) is 12.3. The van der Waals surface area contributed by atoms with Crippen LogP contribution in [0.1, 0.15) is 133 Å². The number of carbonyl (C=O) groups excluding carboxylic acids is 5. The molecular formula is C61H65F2NO12. The van der Waals surface area contributed by atoms with Crippen LogP contribution in [0.4, 0.5) is 8.78 Å². The van der Waals surface area contributed by atoms with Crippen LogP contribution in [-0.4, -0.2) is 62.4 Å². The minimum absolute atomic E-state index is 0.0189. The molecule has 0 spiro atoms. The fourth-order valence-corrected chi connectivity index (χ4v) is 7.35. The van der Waals surface area contributed by atoms with E-state index < -0.39 is 40.9 Å². The molecular weight excluding hydrogens is 977 g/mol. The molecule has 1 aliphatic rings. The van der Waals surface area contributed by atoms with E-state index in [0.717, 1.165) is 125 Å². The van der Waals surface area contributed by atoms with Crippen molar-refractivity contribution in [3.05, 3.63) is 173 Å². The van der Waals surface area contributed by atoms with Gasteiger partial charge in [-0.2, -0.15) is 9.65 Å². The first-order valence-corrected chi connectivity index (χ1v) is 25.8. The molecule has 15 heteroatoms. The molecule has 1 saturated heterocycles. The van der Waals surface area contributed by atoms with E-state index in [-0.39, 0.29) is 29.4 Å². The SMILES string of the molecule is C=CC(=O)OCCCCCCCc1ccc(C=CC(=O)Oc2ccc(OCCCCC)cc2)cc1.N#Cc1ccc(OC(=O)c2ccc(OC(=O)c3ccc(CCCCCCCOC(=O)C4CO4)cc3)cc2)c(F)c1F. The fourth-order valence-electron chi connectivity index (χ4n) is 7.35. The number of ether oxygens (including phenoxy) is 7. The van der Waals surface area contributed by atoms with Crippen molar-refractivity contribution < 1.29 is 65.9 Å². The molecule has 0 N–H and O–H groups in total. The molecule has 5 aromatic carbocycles. The van der Waals surface area contributed by atoms with E-state index in [2.05, 4.69) is 25.6 Å². The Morgan fingerprint density at radius 2 is 1.11 bits per heavy atom. The van der Waals surface area contributed by atoms with E-state index in [4.69, 9.17) is 38.4 Å². The van der Waals surface area contributed by atoms with Crippen molar-refractivity contribution in [2.45, 2.75) is 109 Å². The summed E-state index contributed by atoms with van der Waals surface area (Å²) in [5.74, 6) is -4.59. The summed E-state index contributed by atoms with van der Waals surface area (Å²) in [6, 6.07) is 31.4. The number of nitrogens with zero attached hydrogens (tertiary/aromatic N) is 1. The van der Waals surface area contributed by atoms with Gasteiger partial charge in [0.25, 0.3) is 0 Å². The summed E-state index contributed by atoms with van der Waals surface area (Å²) in [5, 5.41) is 8.74. The highest BCUT2D eigenvalue weighted by molar-refractivity contribution is 5.93. The van der Waals surface area contributed by atoms with Crippen LogP contribution in [-0.2, 0) is 41.4 Å². The smallest absolute Gasteiger partial charge is 0.343 e. The topological polar surface area (TPSA) is 177 Å². The third kappa shape index (κ3) is 21.9. The summed E-state index contributed by atoms with van der Waals surface area (Å²) >= 11 is 0. The van der Waals surface area contributed by atoms with E-state index in [1.807, 2.05) is 36.4 Å². The first-order valence-electron chi connectivity index (χ1n) is 25.8. The maximum atomic E-state index is 14.0. The summed E-state index contributed by atoms with van der Waals surface area (Å²) < 4.78 is 64.0. The van der Waals surface area contributed by atoms with Crippen LogP contribution in [0.2, 0.25) is 0 Å². The Balaban J connectivity index is 0.000000285. The van der Waals surface area contributed by atoms with Crippen LogP contribution in [0.15, 0.2) is 128 Å². The van der Waals surface area contributed by atoms with Crippen molar-refractivity contribution in [1.82, 2.24) is 0 Å². The second-order valence-electron chi connectivity index (χ2n) is 17.8. The van der Waals surface area contributed by atoms with Gasteiger partial charge in [0.05, 0.1) is 43.1 Å². The van der Waals surface area contributed by atoms with Crippen molar-refractivity contribution in [2.75, 3.05) is 26.4 Å². The minimum atomic E-state index is -1.44. The second-order valence-corrected chi connectivity index (χ2v) is 17.8. The molecule has 0 amide bonds. The molecule has 0 aromatic heterocycles. The number of carbonyl (C=O) groups is 5. The average molecular weight is 1040 g/mol. The zero-order valence-corrected chi connectivity index (χ0v) is 42.9. The molecule has 400 valence electrons. The maximum absolute atomic E-state index is 14.0. The maximum Gasteiger partial charge on any atom is 0.343 e. The highest BCUT2D eigenvalue weighted by Gasteiger charge is 2.32. The van der Waals surface area contributed by atoms with Crippen molar-refractivity contribution in [2.24, 2.45) is 0 Å². The number of benzene rings is 5. The second kappa shape index (κ2) is 33.1. The predicted octanol–water partition coefficient (Wildman–Crippen LogP) is 12.8. The van der Waals surface area contributed by atoms with Gasteiger partial charge in [0, 0.05) is 12.2 Å². The molecule has 1 aliphatic heterocycles. The Kier molecular flexibility index (Phi) is 25.6. The number of nitriles is 1. The summed E-state index contributed by atoms with van der Waals surface area (Å²) in [7, 11) is 0. The number of unbranched alkanes of at least 4 members (excludes halogenated alkanes) is 10. The van der Waals surface area contributed by atoms with Gasteiger partial charge in [-0.25, -0.2) is 28.4 Å². The number of hydrogen-bond donors (Lipinski definition) is 0. The Morgan fingerprint density at radius 1 is 0.592 bits per heavy atom. The summed E-state index contributed by atoms with van der Waals surface area (Å²) in [4.78, 5) is 59.3. The van der Waals surface area contributed by atoms with Crippen LogP contribution in [0.25, 0.3) is 6.08 Å². The van der Waals surface area contributed by atoms with E-state index >= 15 is 0 Å². The number of aryl methyl sites for hydroxylation is 2. The molecule has 1 fully saturated rings. The summed E-state index contributed by atoms with van der Waals surface area (Å²) in [6.45, 7) is 7.60. The van der Waals surface area contributed by atoms with Gasteiger partial charge in [0.15, 0.2) is 17.7 Å². The molecule has 1 atom stereocenters. The molecule has 0 aliphatic carbocycles. The lowest BCUT2D eigenvalue weighted by Crippen LogP contribution is -2.12. The van der Waals surface area contributed by atoms with Crippen molar-refractivity contribution in [3.63, 3.8) is 0 Å². The van der Waals surface area contributed by atoms with Gasteiger partial charge in [-0.3, -0.25) is 0 Å². The van der Waals surface area contributed by atoms with Crippen LogP contribution in [0, 0.1) is 23.0 Å². The van der Waals surface area contributed by atoms with Gasteiger partial charge in [0.1, 0.15) is 23.3 Å². The Labute approximate surface area is 443 Å². The van der Waals surface area contributed by atoms with E-state index in [9.17, 15) is 32.8 Å². The first kappa shape index (κ1) is 58.9. The zero-order chi connectivity index (χ0) is 54.3. The number of esters is 5. The zero-order valence-electron chi connectivity index (χ0n) is 42.9. The molecule has 1 unspecified atom stereocenters. The average Bonchev–Trinajstić information content (AvgIpc) is 4.30. The number of rotatable bonds is 30. The highest BCUT2D eigenvalue weighted by Crippen LogP contribution is 2.25. The third-order valence-corrected chi connectivity index (χ3v) is 11.8. The van der Waals surface area contributed by atoms with Crippen LogP contribution in [0.5, 0.6) is 23.0 Å². The lowest BCUT2D eigenvalue weighted by Gasteiger charge is -2.08. The van der Waals surface area contributed by atoms with Crippen LogP contribution >= 0.6 is 0 Å². The number of hydrogen-bond acceptors (Lipinski definition) is 13. The van der Waals surface area contributed by atoms with Gasteiger partial charge < -0.3 is 33.2 Å². The number of halogens is 2. The first-order chi connectivity index (χ1) is 37.0. The molecule has 13 nitrogen and oxygen atoms in total. The lowest BCUT2D eigenvalue weighted by atomic mass is 10.0. The quantitative estimate of drug-likeness (QED) is 0.0140. The monoisotopic (exact) mass is 1040 g/mol. The molecule has 6 rings (SSSR count). The summed E-state index contributed by atoms with van der Waals surface area (Å²) in [6.07, 6.45) is 19.6. The van der Waals surface area contributed by atoms with Crippen molar-refractivity contribution in [1.29, 1.82) is 5.26 Å². The Morgan fingerprint density at radius 3 is 1.70 bits per heavy atom. The van der Waals surface area contributed by atoms with Crippen LogP contribution < -0.4 is 18.9 Å². The van der Waals surface area contributed by atoms with Gasteiger partial charge in [-0.15, -0.1) is 0 Å². The number of epoxide rings is 1. The minimum Gasteiger partial charge on any atom is -0.494 e. The van der Waals surface area contributed by atoms with Gasteiger partial charge in [-0.05, 0) is 141 Å². The van der Waals surface area contributed by atoms with Gasteiger partial charge >= 0.3 is 29.8 Å². The molecule has 76 heavy (non-hydrogen) atoms. The van der Waals surface area contributed by atoms with E-state index in [0.29, 0.717) is 37.7 Å². The molecule has 5 aromatic rings. The van der Waals surface area contributed by atoms with Crippen LogP contribution in [0.3, 0.4) is 0 Å². The van der Waals surface area contributed by atoms with E-state index in [1.54, 1.807) is 30.3 Å². The molecule has 0 radical (unpaired) electrons. The molecule has 0 saturated carbocycles. The Hall–Kier alpha value is -7.96. The standard InChI is InChI=1S/C31H27F2NO7.C30H38O5/c32-27-23(18-34)13-16-25(28(27)33)41-30(36)22-11-14-24(15-12-22)40-29(35)21-9-7-20(8-10-21)6-4-2-1-3-5-17-38-31(37)26-19-39-26;1-3-5-10-23-33-27-18-20-28(21-19-27)35-30(32)22-17-26-15-13-25(14-16-26)12-9-7-6-8-11-24-34-29(31)4-2/h7-16,26H,1-6,17,19H2;4,13-22H,2-3,5-12,23-24H2,1H3. The van der Waals surface area contributed by atoms with Gasteiger partial charge in [-0.1, -0.05) is 101 Å². The lowest BCUT2D eigenvalue weighted by molar-refractivity contribution is -0.145. The van der Waals surface area contributed by atoms with E-state index in [1.165, 1.54) is 48.1 Å². The van der Waals surface area contributed by atoms with Gasteiger partial charge in [0.2, 0.25) is 5.82 Å². The highest BCUT2D eigenvalue weighted by atomic mass is 19.2. The fraction of sp³-hybridized carbons (Fsp3) is 0.344. The molecule has 1 heterocycles.